The maximum atomic E-state index is 11.9. The summed E-state index contributed by atoms with van der Waals surface area (Å²) in [5.74, 6) is 0.0659. The number of benzene rings is 1. The van der Waals surface area contributed by atoms with E-state index in [-0.39, 0.29) is 5.75 Å². The van der Waals surface area contributed by atoms with Crippen molar-refractivity contribution in [1.29, 1.82) is 0 Å². The van der Waals surface area contributed by atoms with Crippen molar-refractivity contribution in [2.45, 2.75) is 19.9 Å². The molecule has 0 fully saturated rings. The second-order valence-electron chi connectivity index (χ2n) is 4.20. The third kappa shape index (κ3) is 6.04. The molecule has 2 N–H and O–H groups in total. The van der Waals surface area contributed by atoms with Crippen molar-refractivity contribution in [2.75, 3.05) is 30.7 Å². The predicted molar refractivity (Wildman–Crippen MR) is 77.7 cm³/mol. The van der Waals surface area contributed by atoms with E-state index in [0.29, 0.717) is 25.3 Å². The minimum Gasteiger partial charge on any atom is -0.385 e. The van der Waals surface area contributed by atoms with Crippen molar-refractivity contribution in [1.82, 2.24) is 5.32 Å². The van der Waals surface area contributed by atoms with Gasteiger partial charge in [0.1, 0.15) is 0 Å². The van der Waals surface area contributed by atoms with Gasteiger partial charge in [-0.05, 0) is 24.6 Å². The van der Waals surface area contributed by atoms with Crippen LogP contribution in [-0.2, 0) is 21.3 Å². The molecule has 0 amide bonds. The van der Waals surface area contributed by atoms with Crippen LogP contribution in [0.4, 0.5) is 5.69 Å². The first-order valence-corrected chi connectivity index (χ1v) is 8.02. The van der Waals surface area contributed by atoms with E-state index >= 15 is 0 Å². The van der Waals surface area contributed by atoms with Crippen LogP contribution in [-0.4, -0.2) is 34.4 Å². The van der Waals surface area contributed by atoms with Crippen molar-refractivity contribution in [3.63, 3.8) is 0 Å². The number of sulfonamides is 1. The zero-order valence-electron chi connectivity index (χ0n) is 11.5. The topological polar surface area (TPSA) is 67.4 Å². The maximum Gasteiger partial charge on any atom is 0.232 e. The molecule has 0 aromatic heterocycles. The quantitative estimate of drug-likeness (QED) is 0.676. The summed E-state index contributed by atoms with van der Waals surface area (Å²) < 4.78 is 31.3. The summed E-state index contributed by atoms with van der Waals surface area (Å²) in [4.78, 5) is 0. The number of methoxy groups -OCH3 is 1. The van der Waals surface area contributed by atoms with Crippen molar-refractivity contribution in [3.05, 3.63) is 29.8 Å². The Hall–Kier alpha value is -1.11. The molecular weight excluding hydrogens is 264 g/mol. The summed E-state index contributed by atoms with van der Waals surface area (Å²) >= 11 is 0. The normalized spacial score (nSPS) is 11.5. The van der Waals surface area contributed by atoms with Gasteiger partial charge in [0.05, 0.1) is 11.4 Å². The van der Waals surface area contributed by atoms with Gasteiger partial charge in [-0.15, -0.1) is 0 Å². The summed E-state index contributed by atoms with van der Waals surface area (Å²) in [6.07, 6.45) is 0.487. The molecule has 0 atom stereocenters. The first-order valence-electron chi connectivity index (χ1n) is 6.37. The van der Waals surface area contributed by atoms with Crippen LogP contribution >= 0.6 is 0 Å². The van der Waals surface area contributed by atoms with E-state index in [1.165, 1.54) is 0 Å². The van der Waals surface area contributed by atoms with Gasteiger partial charge in [0.25, 0.3) is 0 Å². The monoisotopic (exact) mass is 286 g/mol. The van der Waals surface area contributed by atoms with E-state index in [2.05, 4.69) is 10.0 Å². The second kappa shape index (κ2) is 8.14. The first kappa shape index (κ1) is 15.9. The molecule has 0 aliphatic heterocycles. The lowest BCUT2D eigenvalue weighted by molar-refractivity contribution is 0.199. The fourth-order valence-corrected chi connectivity index (χ4v) is 2.78. The van der Waals surface area contributed by atoms with Crippen LogP contribution in [0.3, 0.4) is 0 Å². The van der Waals surface area contributed by atoms with Crippen molar-refractivity contribution < 1.29 is 13.2 Å². The number of para-hydroxylation sites is 1. The number of nitrogens with one attached hydrogen (secondary N) is 2. The molecule has 19 heavy (non-hydrogen) atoms. The van der Waals surface area contributed by atoms with Gasteiger partial charge in [-0.25, -0.2) is 8.42 Å². The van der Waals surface area contributed by atoms with E-state index in [9.17, 15) is 8.42 Å². The summed E-state index contributed by atoms with van der Waals surface area (Å²) in [5.41, 5.74) is 1.58. The molecule has 0 unspecified atom stereocenters. The summed E-state index contributed by atoms with van der Waals surface area (Å²) in [5, 5.41) is 3.19. The first-order chi connectivity index (χ1) is 9.09. The lowest BCUT2D eigenvalue weighted by Crippen LogP contribution is -2.20. The van der Waals surface area contributed by atoms with Crippen molar-refractivity contribution in [3.8, 4) is 0 Å². The van der Waals surface area contributed by atoms with E-state index in [1.807, 2.05) is 25.1 Å². The van der Waals surface area contributed by atoms with Gasteiger partial charge in [0.15, 0.2) is 0 Å². The van der Waals surface area contributed by atoms with E-state index in [1.54, 1.807) is 13.2 Å². The summed E-state index contributed by atoms with van der Waals surface area (Å²) in [6.45, 7) is 3.94. The van der Waals surface area contributed by atoms with Crippen LogP contribution in [0.5, 0.6) is 0 Å². The number of hydrogen-bond donors (Lipinski definition) is 2. The Morgan fingerprint density at radius 3 is 2.68 bits per heavy atom. The minimum atomic E-state index is -3.31. The molecule has 108 valence electrons. The molecule has 1 aromatic rings. The Labute approximate surface area is 115 Å². The standard InChI is InChI=1S/C13H22N2O3S/c1-3-14-11-12-7-4-5-8-13(12)15-19(16,17)10-6-9-18-2/h4-5,7-8,14-15H,3,6,9-11H2,1-2H3. The maximum absolute atomic E-state index is 11.9. The number of rotatable bonds is 9. The zero-order valence-corrected chi connectivity index (χ0v) is 12.3. The lowest BCUT2D eigenvalue weighted by Gasteiger charge is -2.12. The van der Waals surface area contributed by atoms with Crippen LogP contribution in [0.25, 0.3) is 0 Å². The Kier molecular flexibility index (Phi) is 6.83. The van der Waals surface area contributed by atoms with E-state index in [4.69, 9.17) is 4.74 Å². The van der Waals surface area contributed by atoms with Gasteiger partial charge < -0.3 is 10.1 Å². The second-order valence-corrected chi connectivity index (χ2v) is 6.05. The Morgan fingerprint density at radius 1 is 1.26 bits per heavy atom. The molecule has 0 bridgehead atoms. The highest BCUT2D eigenvalue weighted by molar-refractivity contribution is 7.92. The SMILES string of the molecule is CCNCc1ccccc1NS(=O)(=O)CCCOC. The van der Waals surface area contributed by atoms with E-state index < -0.39 is 10.0 Å². The fourth-order valence-electron chi connectivity index (χ4n) is 1.65. The molecule has 1 aromatic carbocycles. The van der Waals surface area contributed by atoms with Gasteiger partial charge in [-0.3, -0.25) is 4.72 Å². The molecule has 0 aliphatic carbocycles. The molecule has 0 heterocycles. The Bertz CT molecular complexity index is 475. The Balaban J connectivity index is 2.69. The molecule has 0 saturated carbocycles. The predicted octanol–water partition coefficient (Wildman–Crippen LogP) is 1.57. The lowest BCUT2D eigenvalue weighted by atomic mass is 10.2. The minimum absolute atomic E-state index is 0.0659. The average Bonchev–Trinajstić information content (AvgIpc) is 2.37. The fraction of sp³-hybridized carbons (Fsp3) is 0.538. The van der Waals surface area contributed by atoms with Crippen LogP contribution in [0.1, 0.15) is 18.9 Å². The van der Waals surface area contributed by atoms with Gasteiger partial charge in [-0.1, -0.05) is 25.1 Å². The van der Waals surface area contributed by atoms with Crippen LogP contribution < -0.4 is 10.0 Å². The number of anilines is 1. The molecular formula is C13H22N2O3S. The van der Waals surface area contributed by atoms with Gasteiger partial charge in [0, 0.05) is 20.3 Å². The highest BCUT2D eigenvalue weighted by atomic mass is 32.2. The van der Waals surface area contributed by atoms with Gasteiger partial charge in [0.2, 0.25) is 10.0 Å². The molecule has 1 rings (SSSR count). The molecule has 0 radical (unpaired) electrons. The van der Waals surface area contributed by atoms with E-state index in [0.717, 1.165) is 12.1 Å². The van der Waals surface area contributed by atoms with Crippen LogP contribution in [0.2, 0.25) is 0 Å². The Morgan fingerprint density at radius 2 is 2.00 bits per heavy atom. The van der Waals surface area contributed by atoms with Crippen LogP contribution in [0, 0.1) is 0 Å². The number of hydrogen-bond acceptors (Lipinski definition) is 4. The molecule has 0 spiro atoms. The largest absolute Gasteiger partial charge is 0.385 e. The highest BCUT2D eigenvalue weighted by Gasteiger charge is 2.12. The summed E-state index contributed by atoms with van der Waals surface area (Å²) in [6, 6.07) is 7.41. The smallest absolute Gasteiger partial charge is 0.232 e. The van der Waals surface area contributed by atoms with Gasteiger partial charge in [-0.2, -0.15) is 0 Å². The third-order valence-corrected chi connectivity index (χ3v) is 3.97. The molecule has 0 saturated heterocycles. The highest BCUT2D eigenvalue weighted by Crippen LogP contribution is 2.16. The van der Waals surface area contributed by atoms with Crippen LogP contribution in [0.15, 0.2) is 24.3 Å². The summed E-state index contributed by atoms with van der Waals surface area (Å²) in [7, 11) is -1.75. The molecule has 5 nitrogen and oxygen atoms in total. The van der Waals surface area contributed by atoms with Crippen molar-refractivity contribution in [2.24, 2.45) is 0 Å². The van der Waals surface area contributed by atoms with Gasteiger partial charge >= 0.3 is 0 Å². The third-order valence-electron chi connectivity index (χ3n) is 2.61. The van der Waals surface area contributed by atoms with Crippen molar-refractivity contribution >= 4 is 15.7 Å². The zero-order chi connectivity index (χ0) is 14.1. The molecule has 6 heteroatoms. The average molecular weight is 286 g/mol. The number of ether oxygens (including phenoxy) is 1. The molecule has 0 aliphatic rings.